The molecule has 0 fully saturated rings. The molecule has 0 aliphatic rings. The van der Waals surface area contributed by atoms with Gasteiger partial charge in [-0.3, -0.25) is 4.79 Å². The Morgan fingerprint density at radius 3 is 2.54 bits per heavy atom. The topological polar surface area (TPSA) is 34.9 Å². The highest BCUT2D eigenvalue weighted by atomic mass is 16.1. The summed E-state index contributed by atoms with van der Waals surface area (Å²) in [5.74, 6) is 0.507. The highest BCUT2D eigenvalue weighted by Crippen LogP contribution is 2.27. The van der Waals surface area contributed by atoms with Crippen molar-refractivity contribution in [2.24, 2.45) is 5.41 Å². The summed E-state index contributed by atoms with van der Waals surface area (Å²) in [7, 11) is 0. The van der Waals surface area contributed by atoms with Gasteiger partial charge in [-0.15, -0.1) is 0 Å². The molecule has 1 aromatic heterocycles. The zero-order chi connectivity index (χ0) is 17.2. The molecule has 3 rings (SSSR count). The molecule has 1 heterocycles. The molecule has 3 heteroatoms. The van der Waals surface area contributed by atoms with E-state index in [4.69, 9.17) is 0 Å². The Bertz CT molecular complexity index is 856. The maximum atomic E-state index is 11.4. The van der Waals surface area contributed by atoms with Crippen molar-refractivity contribution in [1.82, 2.24) is 9.55 Å². The van der Waals surface area contributed by atoms with E-state index in [1.165, 1.54) is 10.8 Å². The number of hydrogen-bond donors (Lipinski definition) is 0. The number of carbonyl (C=O) groups is 1. The van der Waals surface area contributed by atoms with Crippen molar-refractivity contribution in [1.29, 1.82) is 0 Å². The van der Waals surface area contributed by atoms with Crippen molar-refractivity contribution in [2.45, 2.75) is 40.2 Å². The first-order valence-electron chi connectivity index (χ1n) is 8.48. The number of imidazole rings is 1. The molecule has 2 aromatic carbocycles. The predicted octanol–water partition coefficient (Wildman–Crippen LogP) is 5.34. The number of aldehydes is 1. The van der Waals surface area contributed by atoms with Gasteiger partial charge in [-0.1, -0.05) is 57.2 Å². The molecular weight excluding hydrogens is 296 g/mol. The fraction of sp³-hybridized carbons (Fsp3) is 0.333. The maximum Gasteiger partial charge on any atom is 0.185 e. The third kappa shape index (κ3) is 3.56. The molecule has 0 atom stereocenters. The van der Waals surface area contributed by atoms with Crippen molar-refractivity contribution in [2.75, 3.05) is 0 Å². The van der Waals surface area contributed by atoms with Crippen LogP contribution in [0.15, 0.2) is 48.7 Å². The second-order valence-electron chi connectivity index (χ2n) is 7.50. The average Bonchev–Trinajstić information content (AvgIpc) is 2.96. The van der Waals surface area contributed by atoms with Crippen LogP contribution in [0.1, 0.15) is 44.2 Å². The zero-order valence-electron chi connectivity index (χ0n) is 14.6. The molecule has 0 aliphatic carbocycles. The number of carbonyl (C=O) groups excluding carboxylic acids is 1. The molecule has 0 amide bonds. The van der Waals surface area contributed by atoms with Gasteiger partial charge in [0.15, 0.2) is 12.1 Å². The molecule has 3 aromatic rings. The summed E-state index contributed by atoms with van der Waals surface area (Å²) in [6.07, 6.45) is 4.80. The lowest BCUT2D eigenvalue weighted by atomic mass is 9.90. The Morgan fingerprint density at radius 2 is 1.83 bits per heavy atom. The van der Waals surface area contributed by atoms with Crippen molar-refractivity contribution in [3.8, 4) is 11.3 Å². The summed E-state index contributed by atoms with van der Waals surface area (Å²) < 4.78 is 2.04. The van der Waals surface area contributed by atoms with Crippen LogP contribution in [0.2, 0.25) is 0 Å². The Hall–Kier alpha value is -2.42. The van der Waals surface area contributed by atoms with Crippen LogP contribution in [-0.4, -0.2) is 15.8 Å². The highest BCUT2D eigenvalue weighted by molar-refractivity contribution is 5.87. The lowest BCUT2D eigenvalue weighted by Crippen LogP contribution is -2.10. The van der Waals surface area contributed by atoms with E-state index in [2.05, 4.69) is 56.1 Å². The monoisotopic (exact) mass is 320 g/mol. The number of rotatable bonds is 5. The number of hydrogen-bond acceptors (Lipinski definition) is 2. The van der Waals surface area contributed by atoms with Gasteiger partial charge in [0.25, 0.3) is 0 Å². The molecule has 0 unspecified atom stereocenters. The zero-order valence-corrected chi connectivity index (χ0v) is 14.6. The van der Waals surface area contributed by atoms with Crippen molar-refractivity contribution < 1.29 is 4.79 Å². The van der Waals surface area contributed by atoms with E-state index in [9.17, 15) is 4.79 Å². The van der Waals surface area contributed by atoms with Gasteiger partial charge in [0, 0.05) is 12.1 Å². The second-order valence-corrected chi connectivity index (χ2v) is 7.50. The molecule has 0 saturated heterocycles. The average molecular weight is 320 g/mol. The third-order valence-electron chi connectivity index (χ3n) is 4.35. The van der Waals surface area contributed by atoms with Gasteiger partial charge in [0.05, 0.1) is 11.9 Å². The standard InChI is InChI=1S/C21H24N2O/c1-21(2,3)11-6-12-23-19(14-22-20(23)15-24)18-10-9-16-7-4-5-8-17(16)13-18/h4-5,7-10,13-15H,6,11-12H2,1-3H3. The predicted molar refractivity (Wildman–Crippen MR) is 99.2 cm³/mol. The Kier molecular flexibility index (Phi) is 4.52. The Morgan fingerprint density at radius 1 is 1.08 bits per heavy atom. The van der Waals surface area contributed by atoms with Gasteiger partial charge in [-0.25, -0.2) is 4.98 Å². The van der Waals surface area contributed by atoms with Crippen LogP contribution in [0.3, 0.4) is 0 Å². The van der Waals surface area contributed by atoms with Gasteiger partial charge in [-0.05, 0) is 35.1 Å². The first-order chi connectivity index (χ1) is 11.5. The quantitative estimate of drug-likeness (QED) is 0.595. The first-order valence-corrected chi connectivity index (χ1v) is 8.48. The van der Waals surface area contributed by atoms with Crippen LogP contribution in [0.5, 0.6) is 0 Å². The van der Waals surface area contributed by atoms with Crippen LogP contribution in [-0.2, 0) is 6.54 Å². The minimum atomic E-state index is 0.297. The Labute approximate surface area is 143 Å². The summed E-state index contributed by atoms with van der Waals surface area (Å²) in [6.45, 7) is 7.54. The van der Waals surface area contributed by atoms with E-state index in [1.807, 2.05) is 22.9 Å². The fourth-order valence-corrected chi connectivity index (χ4v) is 3.07. The van der Waals surface area contributed by atoms with Gasteiger partial charge in [0.1, 0.15) is 0 Å². The summed E-state index contributed by atoms with van der Waals surface area (Å²) >= 11 is 0. The second kappa shape index (κ2) is 6.60. The van der Waals surface area contributed by atoms with Crippen LogP contribution in [0.4, 0.5) is 0 Å². The molecular formula is C21H24N2O. The smallest absolute Gasteiger partial charge is 0.185 e. The number of nitrogens with zero attached hydrogens (tertiary/aromatic N) is 2. The molecule has 0 N–H and O–H groups in total. The van der Waals surface area contributed by atoms with E-state index in [0.717, 1.165) is 36.9 Å². The summed E-state index contributed by atoms with van der Waals surface area (Å²) in [5.41, 5.74) is 2.41. The third-order valence-corrected chi connectivity index (χ3v) is 4.35. The van der Waals surface area contributed by atoms with Crippen LogP contribution >= 0.6 is 0 Å². The van der Waals surface area contributed by atoms with Gasteiger partial charge >= 0.3 is 0 Å². The van der Waals surface area contributed by atoms with Crippen molar-refractivity contribution in [3.05, 3.63) is 54.5 Å². The molecule has 0 radical (unpaired) electrons. The van der Waals surface area contributed by atoms with E-state index in [0.29, 0.717) is 11.2 Å². The summed E-state index contributed by atoms with van der Waals surface area (Å²) in [4.78, 5) is 15.7. The SMILES string of the molecule is CC(C)(C)CCCn1c(-c2ccc3ccccc3c2)cnc1C=O. The van der Waals surface area contributed by atoms with E-state index in [-0.39, 0.29) is 0 Å². The lowest BCUT2D eigenvalue weighted by molar-refractivity contribution is 0.111. The van der Waals surface area contributed by atoms with Gasteiger partial charge < -0.3 is 4.57 Å². The summed E-state index contributed by atoms with van der Waals surface area (Å²) in [5, 5.41) is 2.42. The Balaban J connectivity index is 1.94. The fourth-order valence-electron chi connectivity index (χ4n) is 3.07. The molecule has 0 saturated carbocycles. The molecule has 3 nitrogen and oxygen atoms in total. The highest BCUT2D eigenvalue weighted by Gasteiger charge is 2.14. The number of aromatic nitrogens is 2. The van der Waals surface area contributed by atoms with E-state index < -0.39 is 0 Å². The minimum Gasteiger partial charge on any atom is -0.322 e. The van der Waals surface area contributed by atoms with Gasteiger partial charge in [-0.2, -0.15) is 0 Å². The maximum absolute atomic E-state index is 11.4. The van der Waals surface area contributed by atoms with Crippen LogP contribution in [0.25, 0.3) is 22.0 Å². The molecule has 124 valence electrons. The van der Waals surface area contributed by atoms with E-state index in [1.54, 1.807) is 0 Å². The molecule has 24 heavy (non-hydrogen) atoms. The largest absolute Gasteiger partial charge is 0.322 e. The first kappa shape index (κ1) is 16.4. The molecule has 0 spiro atoms. The van der Waals surface area contributed by atoms with Crippen LogP contribution < -0.4 is 0 Å². The lowest BCUT2D eigenvalue weighted by Gasteiger charge is -2.18. The van der Waals surface area contributed by atoms with Crippen LogP contribution in [0, 0.1) is 5.41 Å². The summed E-state index contributed by atoms with van der Waals surface area (Å²) in [6, 6.07) is 14.7. The normalized spacial score (nSPS) is 11.8. The number of benzene rings is 2. The van der Waals surface area contributed by atoms with E-state index >= 15 is 0 Å². The van der Waals surface area contributed by atoms with Crippen molar-refractivity contribution >= 4 is 17.1 Å². The van der Waals surface area contributed by atoms with Gasteiger partial charge in [0.2, 0.25) is 0 Å². The molecule has 0 aliphatic heterocycles. The molecule has 0 bridgehead atoms. The van der Waals surface area contributed by atoms with Crippen molar-refractivity contribution in [3.63, 3.8) is 0 Å². The minimum absolute atomic E-state index is 0.297. The number of fused-ring (bicyclic) bond motifs is 1.